The maximum absolute atomic E-state index is 11.0. The predicted molar refractivity (Wildman–Crippen MR) is 67.1 cm³/mol. The van der Waals surface area contributed by atoms with E-state index in [0.29, 0.717) is 46.1 Å². The highest BCUT2D eigenvalue weighted by molar-refractivity contribution is 5.77. The van der Waals surface area contributed by atoms with E-state index in [1.54, 1.807) is 0 Å². The normalized spacial score (nSPS) is 10.5. The fraction of sp³-hybridized carbons (Fsp3) is 0.909. The maximum atomic E-state index is 11.0. The highest BCUT2D eigenvalue weighted by Gasteiger charge is 1.97. The smallest absolute Gasteiger partial charge is 0.233 e. The Morgan fingerprint density at radius 1 is 1.06 bits per heavy atom. The molecule has 0 aromatic heterocycles. The minimum absolute atomic E-state index is 0.0166. The van der Waals surface area contributed by atoms with Gasteiger partial charge in [0, 0.05) is 19.6 Å². The van der Waals surface area contributed by atoms with Crippen LogP contribution in [0.15, 0.2) is 0 Å². The van der Waals surface area contributed by atoms with E-state index in [4.69, 9.17) is 9.47 Å². The molecule has 0 rings (SSSR count). The Balaban J connectivity index is 3.01. The Morgan fingerprint density at radius 2 is 1.71 bits per heavy atom. The van der Waals surface area contributed by atoms with Gasteiger partial charge in [-0.3, -0.25) is 4.79 Å². The van der Waals surface area contributed by atoms with Crippen LogP contribution < -0.4 is 16.0 Å². The summed E-state index contributed by atoms with van der Waals surface area (Å²) in [4.78, 5) is 11.0. The molecular weight excluding hydrogens is 222 g/mol. The van der Waals surface area contributed by atoms with Crippen molar-refractivity contribution in [2.24, 2.45) is 0 Å². The van der Waals surface area contributed by atoms with Crippen LogP contribution in [-0.2, 0) is 14.3 Å². The monoisotopic (exact) mass is 247 g/mol. The number of carbonyl (C=O) groups excluding carboxylic acids is 1. The fourth-order valence-electron chi connectivity index (χ4n) is 1.10. The summed E-state index contributed by atoms with van der Waals surface area (Å²) < 4.78 is 10.6. The summed E-state index contributed by atoms with van der Waals surface area (Å²) in [5.74, 6) is 0.0166. The summed E-state index contributed by atoms with van der Waals surface area (Å²) >= 11 is 0. The Morgan fingerprint density at radius 3 is 2.29 bits per heavy atom. The van der Waals surface area contributed by atoms with Gasteiger partial charge in [0.1, 0.15) is 0 Å². The Bertz CT molecular complexity index is 179. The van der Waals surface area contributed by atoms with Crippen LogP contribution in [0, 0.1) is 0 Å². The topological polar surface area (TPSA) is 71.6 Å². The van der Waals surface area contributed by atoms with Crippen molar-refractivity contribution in [3.63, 3.8) is 0 Å². The first-order valence-corrected chi connectivity index (χ1v) is 6.08. The summed E-state index contributed by atoms with van der Waals surface area (Å²) in [7, 11) is 1.89. The SMILES string of the molecule is CCNC(=O)CNCCOCCOCCNC. The van der Waals surface area contributed by atoms with Gasteiger partial charge in [-0.1, -0.05) is 0 Å². The number of nitrogens with one attached hydrogen (secondary N) is 3. The molecule has 1 amide bonds. The van der Waals surface area contributed by atoms with Crippen molar-refractivity contribution in [2.75, 3.05) is 59.7 Å². The lowest BCUT2D eigenvalue weighted by molar-refractivity contribution is -0.120. The minimum atomic E-state index is 0.0166. The van der Waals surface area contributed by atoms with Crippen LogP contribution >= 0.6 is 0 Å². The second kappa shape index (κ2) is 13.4. The highest BCUT2D eigenvalue weighted by Crippen LogP contribution is 1.77. The third-order valence-electron chi connectivity index (χ3n) is 1.95. The molecular formula is C11H25N3O3. The van der Waals surface area contributed by atoms with Gasteiger partial charge in [0.2, 0.25) is 5.91 Å². The van der Waals surface area contributed by atoms with Gasteiger partial charge in [-0.15, -0.1) is 0 Å². The second-order valence-electron chi connectivity index (χ2n) is 3.46. The highest BCUT2D eigenvalue weighted by atomic mass is 16.5. The molecule has 0 bridgehead atoms. The molecule has 0 aliphatic heterocycles. The Kier molecular flexibility index (Phi) is 12.8. The summed E-state index contributed by atoms with van der Waals surface area (Å²) in [5.41, 5.74) is 0. The average molecular weight is 247 g/mol. The van der Waals surface area contributed by atoms with Crippen molar-refractivity contribution < 1.29 is 14.3 Å². The largest absolute Gasteiger partial charge is 0.378 e. The van der Waals surface area contributed by atoms with Crippen LogP contribution in [0.1, 0.15) is 6.92 Å². The van der Waals surface area contributed by atoms with Crippen molar-refractivity contribution in [2.45, 2.75) is 6.92 Å². The van der Waals surface area contributed by atoms with Gasteiger partial charge in [-0.05, 0) is 14.0 Å². The van der Waals surface area contributed by atoms with Crippen molar-refractivity contribution in [3.8, 4) is 0 Å². The van der Waals surface area contributed by atoms with E-state index in [9.17, 15) is 4.79 Å². The lowest BCUT2D eigenvalue weighted by Gasteiger charge is -2.07. The molecule has 0 aromatic carbocycles. The first kappa shape index (κ1) is 16.3. The molecule has 0 aromatic rings. The van der Waals surface area contributed by atoms with Gasteiger partial charge >= 0.3 is 0 Å². The van der Waals surface area contributed by atoms with Gasteiger partial charge in [0.15, 0.2) is 0 Å². The fourth-order valence-corrected chi connectivity index (χ4v) is 1.10. The molecule has 6 nitrogen and oxygen atoms in total. The molecule has 0 saturated heterocycles. The van der Waals surface area contributed by atoms with E-state index in [0.717, 1.165) is 6.54 Å². The van der Waals surface area contributed by atoms with E-state index in [-0.39, 0.29) is 5.91 Å². The van der Waals surface area contributed by atoms with Crippen molar-refractivity contribution in [1.29, 1.82) is 0 Å². The van der Waals surface area contributed by atoms with E-state index in [2.05, 4.69) is 16.0 Å². The minimum Gasteiger partial charge on any atom is -0.378 e. The Hall–Kier alpha value is -0.690. The van der Waals surface area contributed by atoms with Gasteiger partial charge < -0.3 is 25.4 Å². The van der Waals surface area contributed by atoms with Crippen LogP contribution in [0.2, 0.25) is 0 Å². The molecule has 6 heteroatoms. The van der Waals surface area contributed by atoms with Gasteiger partial charge in [-0.25, -0.2) is 0 Å². The lowest BCUT2D eigenvalue weighted by Crippen LogP contribution is -2.35. The first-order valence-electron chi connectivity index (χ1n) is 6.08. The molecule has 0 aliphatic carbocycles. The van der Waals surface area contributed by atoms with Crippen molar-refractivity contribution in [3.05, 3.63) is 0 Å². The maximum Gasteiger partial charge on any atom is 0.233 e. The molecule has 0 spiro atoms. The number of rotatable bonds is 12. The van der Waals surface area contributed by atoms with E-state index >= 15 is 0 Å². The Labute approximate surface area is 103 Å². The summed E-state index contributed by atoms with van der Waals surface area (Å²) in [6.07, 6.45) is 0. The molecule has 102 valence electrons. The summed E-state index contributed by atoms with van der Waals surface area (Å²) in [6.45, 7) is 6.93. The molecule has 0 fully saturated rings. The van der Waals surface area contributed by atoms with Gasteiger partial charge in [-0.2, -0.15) is 0 Å². The van der Waals surface area contributed by atoms with Gasteiger partial charge in [0.25, 0.3) is 0 Å². The van der Waals surface area contributed by atoms with Crippen LogP contribution in [0.25, 0.3) is 0 Å². The quantitative estimate of drug-likeness (QED) is 0.384. The van der Waals surface area contributed by atoms with Crippen LogP contribution in [-0.4, -0.2) is 65.6 Å². The van der Waals surface area contributed by atoms with Crippen LogP contribution in [0.4, 0.5) is 0 Å². The summed E-state index contributed by atoms with van der Waals surface area (Å²) in [5, 5.41) is 8.70. The molecule has 0 atom stereocenters. The summed E-state index contributed by atoms with van der Waals surface area (Å²) in [6, 6.07) is 0. The van der Waals surface area contributed by atoms with E-state index in [1.807, 2.05) is 14.0 Å². The van der Waals surface area contributed by atoms with E-state index in [1.165, 1.54) is 0 Å². The first-order chi connectivity index (χ1) is 8.31. The molecule has 0 unspecified atom stereocenters. The number of carbonyl (C=O) groups is 1. The zero-order chi connectivity index (χ0) is 12.8. The molecule has 0 saturated carbocycles. The predicted octanol–water partition coefficient (Wildman–Crippen LogP) is -1.04. The van der Waals surface area contributed by atoms with Gasteiger partial charge in [0.05, 0.1) is 33.0 Å². The average Bonchev–Trinajstić information content (AvgIpc) is 2.32. The number of hydrogen-bond donors (Lipinski definition) is 3. The molecule has 3 N–H and O–H groups in total. The lowest BCUT2D eigenvalue weighted by atomic mass is 10.5. The second-order valence-corrected chi connectivity index (χ2v) is 3.46. The molecule has 0 heterocycles. The van der Waals surface area contributed by atoms with Crippen molar-refractivity contribution >= 4 is 5.91 Å². The zero-order valence-electron chi connectivity index (χ0n) is 10.9. The number of hydrogen-bond acceptors (Lipinski definition) is 5. The van der Waals surface area contributed by atoms with Crippen LogP contribution in [0.3, 0.4) is 0 Å². The van der Waals surface area contributed by atoms with Crippen molar-refractivity contribution in [1.82, 2.24) is 16.0 Å². The van der Waals surface area contributed by atoms with Crippen LogP contribution in [0.5, 0.6) is 0 Å². The molecule has 0 radical (unpaired) electrons. The molecule has 17 heavy (non-hydrogen) atoms. The third-order valence-corrected chi connectivity index (χ3v) is 1.95. The number of amides is 1. The molecule has 0 aliphatic rings. The standard InChI is InChI=1S/C11H25N3O3/c1-3-14-11(15)10-13-5-7-17-9-8-16-6-4-12-2/h12-13H,3-10H2,1-2H3,(H,14,15). The van der Waals surface area contributed by atoms with E-state index < -0.39 is 0 Å². The third kappa shape index (κ3) is 13.2. The number of ether oxygens (including phenoxy) is 2. The zero-order valence-corrected chi connectivity index (χ0v) is 10.9. The number of likely N-dealkylation sites (N-methyl/N-ethyl adjacent to an activating group) is 2.